The highest BCUT2D eigenvalue weighted by Crippen LogP contribution is 2.29. The fourth-order valence-corrected chi connectivity index (χ4v) is 1.15. The summed E-state index contributed by atoms with van der Waals surface area (Å²) in [7, 11) is 2.05. The second-order valence-corrected chi connectivity index (χ2v) is 4.24. The summed E-state index contributed by atoms with van der Waals surface area (Å²) >= 11 is 0. The molecule has 1 aliphatic heterocycles. The number of hydrogen-bond donors (Lipinski definition) is 0. The van der Waals surface area contributed by atoms with Crippen LogP contribution < -0.4 is 0 Å². The maximum atomic E-state index is 2.26. The van der Waals surface area contributed by atoms with E-state index in [0.717, 1.165) is 0 Å². The van der Waals surface area contributed by atoms with Gasteiger partial charge in [-0.1, -0.05) is 32.9 Å². The van der Waals surface area contributed by atoms with Crippen molar-refractivity contribution in [1.82, 2.24) is 4.90 Å². The molecular formula is C10H17N. The summed E-state index contributed by atoms with van der Waals surface area (Å²) in [6, 6.07) is 0. The average Bonchev–Trinajstić information content (AvgIpc) is 1.86. The smallest absolute Gasteiger partial charge is 0.0106 e. The van der Waals surface area contributed by atoms with Crippen molar-refractivity contribution in [2.45, 2.75) is 20.8 Å². The van der Waals surface area contributed by atoms with Crippen LogP contribution in [0, 0.1) is 11.3 Å². The van der Waals surface area contributed by atoms with E-state index in [4.69, 9.17) is 0 Å². The van der Waals surface area contributed by atoms with Crippen LogP contribution >= 0.6 is 0 Å². The first-order valence-corrected chi connectivity index (χ1v) is 4.09. The SMILES string of the molecule is CN1C=CC(C(C)(C)C)C=C1. The van der Waals surface area contributed by atoms with E-state index in [9.17, 15) is 0 Å². The molecule has 0 aromatic rings. The van der Waals surface area contributed by atoms with Gasteiger partial charge in [-0.05, 0) is 17.8 Å². The molecule has 11 heavy (non-hydrogen) atoms. The first-order chi connectivity index (χ1) is 5.00. The van der Waals surface area contributed by atoms with Crippen LogP contribution in [0.3, 0.4) is 0 Å². The van der Waals surface area contributed by atoms with Crippen LogP contribution in [-0.2, 0) is 0 Å². The van der Waals surface area contributed by atoms with Gasteiger partial charge in [0.15, 0.2) is 0 Å². The zero-order valence-corrected chi connectivity index (χ0v) is 7.83. The van der Waals surface area contributed by atoms with Crippen LogP contribution in [0.15, 0.2) is 24.6 Å². The van der Waals surface area contributed by atoms with Gasteiger partial charge in [0, 0.05) is 13.0 Å². The van der Waals surface area contributed by atoms with Gasteiger partial charge >= 0.3 is 0 Å². The van der Waals surface area contributed by atoms with Gasteiger partial charge in [0.2, 0.25) is 0 Å². The van der Waals surface area contributed by atoms with E-state index < -0.39 is 0 Å². The van der Waals surface area contributed by atoms with Crippen molar-refractivity contribution in [1.29, 1.82) is 0 Å². The quantitative estimate of drug-likeness (QED) is 0.514. The van der Waals surface area contributed by atoms with Crippen molar-refractivity contribution in [2.24, 2.45) is 11.3 Å². The van der Waals surface area contributed by atoms with E-state index in [0.29, 0.717) is 11.3 Å². The molecule has 1 nitrogen and oxygen atoms in total. The Morgan fingerprint density at radius 1 is 1.09 bits per heavy atom. The van der Waals surface area contributed by atoms with Crippen molar-refractivity contribution in [2.75, 3.05) is 7.05 Å². The lowest BCUT2D eigenvalue weighted by Crippen LogP contribution is -2.20. The molecule has 0 N–H and O–H groups in total. The Bertz CT molecular complexity index is 170. The minimum atomic E-state index is 0.355. The second kappa shape index (κ2) is 2.72. The van der Waals surface area contributed by atoms with Gasteiger partial charge in [0.25, 0.3) is 0 Å². The molecule has 0 amide bonds. The van der Waals surface area contributed by atoms with E-state index in [-0.39, 0.29) is 0 Å². The largest absolute Gasteiger partial charge is 0.358 e. The molecule has 0 fully saturated rings. The summed E-state index contributed by atoms with van der Waals surface area (Å²) in [6.45, 7) is 6.78. The fourth-order valence-electron chi connectivity index (χ4n) is 1.15. The van der Waals surface area contributed by atoms with Gasteiger partial charge in [-0.25, -0.2) is 0 Å². The molecule has 0 saturated carbocycles. The zero-order chi connectivity index (χ0) is 8.48. The highest BCUT2D eigenvalue weighted by molar-refractivity contribution is 5.10. The summed E-state index contributed by atoms with van der Waals surface area (Å²) in [5.74, 6) is 0.582. The van der Waals surface area contributed by atoms with Gasteiger partial charge < -0.3 is 4.90 Å². The Morgan fingerprint density at radius 3 is 1.91 bits per heavy atom. The minimum Gasteiger partial charge on any atom is -0.358 e. The Morgan fingerprint density at radius 2 is 1.55 bits per heavy atom. The molecule has 1 heteroatoms. The van der Waals surface area contributed by atoms with Gasteiger partial charge in [-0.2, -0.15) is 0 Å². The third-order valence-electron chi connectivity index (χ3n) is 2.06. The van der Waals surface area contributed by atoms with E-state index in [1.165, 1.54) is 0 Å². The standard InChI is InChI=1S/C10H17N/c1-10(2,3)9-5-7-11(4)8-6-9/h5-9H,1-4H3. The van der Waals surface area contributed by atoms with Crippen molar-refractivity contribution in [3.05, 3.63) is 24.6 Å². The van der Waals surface area contributed by atoms with Gasteiger partial charge in [0.1, 0.15) is 0 Å². The highest BCUT2D eigenvalue weighted by atomic mass is 15.0. The molecule has 0 aromatic carbocycles. The topological polar surface area (TPSA) is 3.24 Å². The predicted octanol–water partition coefficient (Wildman–Crippen LogP) is 2.62. The van der Waals surface area contributed by atoms with Crippen molar-refractivity contribution < 1.29 is 0 Å². The summed E-state index contributed by atoms with van der Waals surface area (Å²) in [4.78, 5) is 2.07. The number of nitrogens with zero attached hydrogens (tertiary/aromatic N) is 1. The van der Waals surface area contributed by atoms with Crippen LogP contribution in [0.1, 0.15) is 20.8 Å². The molecule has 0 bridgehead atoms. The van der Waals surface area contributed by atoms with Crippen molar-refractivity contribution >= 4 is 0 Å². The molecule has 1 rings (SSSR count). The maximum Gasteiger partial charge on any atom is 0.0106 e. The van der Waals surface area contributed by atoms with Crippen molar-refractivity contribution in [3.8, 4) is 0 Å². The fraction of sp³-hybridized carbons (Fsp3) is 0.600. The van der Waals surface area contributed by atoms with Crippen LogP contribution in [0.25, 0.3) is 0 Å². The molecule has 0 unspecified atom stereocenters. The molecule has 0 aliphatic carbocycles. The normalized spacial score (nSPS) is 19.5. The molecule has 0 radical (unpaired) electrons. The molecule has 62 valence electrons. The van der Waals surface area contributed by atoms with Crippen LogP contribution in [0.2, 0.25) is 0 Å². The van der Waals surface area contributed by atoms with Gasteiger partial charge in [0.05, 0.1) is 0 Å². The average molecular weight is 151 g/mol. The minimum absolute atomic E-state index is 0.355. The Labute approximate surface area is 69.4 Å². The second-order valence-electron chi connectivity index (χ2n) is 4.24. The molecule has 0 spiro atoms. The lowest BCUT2D eigenvalue weighted by molar-refractivity contribution is 0.333. The van der Waals surface area contributed by atoms with Crippen LogP contribution in [0.4, 0.5) is 0 Å². The lowest BCUT2D eigenvalue weighted by Gasteiger charge is -2.28. The maximum absolute atomic E-state index is 2.26. The Kier molecular flexibility index (Phi) is 2.08. The first-order valence-electron chi connectivity index (χ1n) is 4.09. The summed E-state index contributed by atoms with van der Waals surface area (Å²) < 4.78 is 0. The first kappa shape index (κ1) is 8.38. The zero-order valence-electron chi connectivity index (χ0n) is 7.83. The van der Waals surface area contributed by atoms with E-state index in [1.54, 1.807) is 0 Å². The van der Waals surface area contributed by atoms with E-state index >= 15 is 0 Å². The molecule has 1 aliphatic rings. The molecule has 0 atom stereocenters. The van der Waals surface area contributed by atoms with Gasteiger partial charge in [-0.3, -0.25) is 0 Å². The molecule has 0 saturated heterocycles. The van der Waals surface area contributed by atoms with E-state index in [2.05, 4.69) is 50.2 Å². The molecular weight excluding hydrogens is 134 g/mol. The van der Waals surface area contributed by atoms with E-state index in [1.807, 2.05) is 7.05 Å². The summed E-state index contributed by atoms with van der Waals surface area (Å²) in [6.07, 6.45) is 8.74. The van der Waals surface area contributed by atoms with Crippen LogP contribution in [0.5, 0.6) is 0 Å². The summed E-state index contributed by atoms with van der Waals surface area (Å²) in [5, 5.41) is 0. The number of rotatable bonds is 0. The Hall–Kier alpha value is -0.720. The van der Waals surface area contributed by atoms with Gasteiger partial charge in [-0.15, -0.1) is 0 Å². The molecule has 0 aromatic heterocycles. The van der Waals surface area contributed by atoms with Crippen molar-refractivity contribution in [3.63, 3.8) is 0 Å². The summed E-state index contributed by atoms with van der Waals surface area (Å²) in [5.41, 5.74) is 0.355. The monoisotopic (exact) mass is 151 g/mol. The molecule has 1 heterocycles. The lowest BCUT2D eigenvalue weighted by atomic mass is 9.80. The third kappa shape index (κ3) is 2.11. The Balaban J connectivity index is 2.66. The highest BCUT2D eigenvalue weighted by Gasteiger charge is 2.20. The number of hydrogen-bond acceptors (Lipinski definition) is 1. The number of allylic oxidation sites excluding steroid dienone is 2. The predicted molar refractivity (Wildman–Crippen MR) is 49.0 cm³/mol. The van der Waals surface area contributed by atoms with Crippen LogP contribution in [-0.4, -0.2) is 11.9 Å². The third-order valence-corrected chi connectivity index (χ3v) is 2.06.